The lowest BCUT2D eigenvalue weighted by molar-refractivity contribution is 0.639. The summed E-state index contributed by atoms with van der Waals surface area (Å²) in [5.74, 6) is 0. The van der Waals surface area contributed by atoms with Crippen LogP contribution in [0.1, 0.15) is 31.4 Å². The standard InChI is InChI=1S/C13H16N2/c1-2-4-12(14)10-6-7-13-11(9-10)5-3-8-15-13/h3,5-9,12H,2,4,14H2,1H3/t12-/m0/s1. The summed E-state index contributed by atoms with van der Waals surface area (Å²) >= 11 is 0. The summed E-state index contributed by atoms with van der Waals surface area (Å²) in [5, 5.41) is 1.17. The molecule has 0 fully saturated rings. The molecular weight excluding hydrogens is 184 g/mol. The summed E-state index contributed by atoms with van der Waals surface area (Å²) in [4.78, 5) is 4.29. The van der Waals surface area contributed by atoms with E-state index >= 15 is 0 Å². The monoisotopic (exact) mass is 200 g/mol. The molecule has 0 saturated heterocycles. The molecule has 0 spiro atoms. The number of hydrogen-bond acceptors (Lipinski definition) is 2. The van der Waals surface area contributed by atoms with Crippen LogP contribution in [0.3, 0.4) is 0 Å². The molecule has 0 aliphatic heterocycles. The molecule has 0 saturated carbocycles. The van der Waals surface area contributed by atoms with Crippen molar-refractivity contribution in [2.45, 2.75) is 25.8 Å². The van der Waals surface area contributed by atoms with Crippen LogP contribution in [0.15, 0.2) is 36.5 Å². The maximum atomic E-state index is 6.08. The summed E-state index contributed by atoms with van der Waals surface area (Å²) in [6, 6.07) is 10.4. The van der Waals surface area contributed by atoms with Crippen LogP contribution >= 0.6 is 0 Å². The Morgan fingerprint density at radius 3 is 3.00 bits per heavy atom. The van der Waals surface area contributed by atoms with Gasteiger partial charge in [0.05, 0.1) is 5.52 Å². The summed E-state index contributed by atoms with van der Waals surface area (Å²) in [6.07, 6.45) is 3.96. The Kier molecular flexibility index (Phi) is 2.97. The molecule has 2 N–H and O–H groups in total. The highest BCUT2D eigenvalue weighted by Gasteiger charge is 2.05. The Balaban J connectivity index is 2.38. The highest BCUT2D eigenvalue weighted by atomic mass is 14.6. The van der Waals surface area contributed by atoms with Crippen LogP contribution in [0.4, 0.5) is 0 Å². The van der Waals surface area contributed by atoms with Gasteiger partial charge in [0.15, 0.2) is 0 Å². The molecule has 0 bridgehead atoms. The lowest BCUT2D eigenvalue weighted by atomic mass is 10.0. The lowest BCUT2D eigenvalue weighted by Gasteiger charge is -2.11. The summed E-state index contributed by atoms with van der Waals surface area (Å²) < 4.78 is 0. The van der Waals surface area contributed by atoms with Gasteiger partial charge in [0.1, 0.15) is 0 Å². The number of fused-ring (bicyclic) bond motifs is 1. The second kappa shape index (κ2) is 4.41. The van der Waals surface area contributed by atoms with Gasteiger partial charge in [-0.3, -0.25) is 4.98 Å². The Hall–Kier alpha value is -1.41. The molecule has 2 rings (SSSR count). The topological polar surface area (TPSA) is 38.9 Å². The largest absolute Gasteiger partial charge is 0.324 e. The highest BCUT2D eigenvalue weighted by Crippen LogP contribution is 2.20. The predicted molar refractivity (Wildman–Crippen MR) is 63.6 cm³/mol. The minimum absolute atomic E-state index is 0.152. The van der Waals surface area contributed by atoms with Gasteiger partial charge in [-0.25, -0.2) is 0 Å². The Labute approximate surface area is 90.1 Å². The van der Waals surface area contributed by atoms with Gasteiger partial charge in [-0.15, -0.1) is 0 Å². The van der Waals surface area contributed by atoms with Crippen molar-refractivity contribution in [1.82, 2.24) is 4.98 Å². The van der Waals surface area contributed by atoms with Crippen LogP contribution in [-0.2, 0) is 0 Å². The molecular formula is C13H16N2. The summed E-state index contributed by atoms with van der Waals surface area (Å²) in [5.41, 5.74) is 8.31. The normalized spacial score (nSPS) is 12.9. The van der Waals surface area contributed by atoms with Crippen LogP contribution in [0.2, 0.25) is 0 Å². The molecule has 2 nitrogen and oxygen atoms in total. The Morgan fingerprint density at radius 1 is 1.33 bits per heavy atom. The van der Waals surface area contributed by atoms with Crippen LogP contribution in [0.5, 0.6) is 0 Å². The minimum atomic E-state index is 0.152. The van der Waals surface area contributed by atoms with E-state index in [4.69, 9.17) is 5.73 Å². The van der Waals surface area contributed by atoms with Gasteiger partial charge in [-0.05, 0) is 30.2 Å². The first-order valence-electron chi connectivity index (χ1n) is 5.41. The SMILES string of the molecule is CCC[C@H](N)c1ccc2ncccc2c1. The van der Waals surface area contributed by atoms with E-state index < -0.39 is 0 Å². The number of nitrogens with two attached hydrogens (primary N) is 1. The Bertz CT molecular complexity index is 451. The number of aromatic nitrogens is 1. The fourth-order valence-corrected chi connectivity index (χ4v) is 1.80. The molecule has 78 valence electrons. The van der Waals surface area contributed by atoms with Gasteiger partial charge in [-0.1, -0.05) is 25.5 Å². The molecule has 2 heteroatoms. The van der Waals surface area contributed by atoms with Crippen LogP contribution in [0, 0.1) is 0 Å². The fraction of sp³-hybridized carbons (Fsp3) is 0.308. The van der Waals surface area contributed by atoms with Crippen LogP contribution in [0.25, 0.3) is 10.9 Å². The van der Waals surface area contributed by atoms with Crippen molar-refractivity contribution in [3.63, 3.8) is 0 Å². The minimum Gasteiger partial charge on any atom is -0.324 e. The molecule has 0 radical (unpaired) electrons. The predicted octanol–water partition coefficient (Wildman–Crippen LogP) is 3.03. The van der Waals surface area contributed by atoms with Crippen molar-refractivity contribution in [2.24, 2.45) is 5.73 Å². The van der Waals surface area contributed by atoms with Gasteiger partial charge in [0.25, 0.3) is 0 Å². The molecule has 1 aromatic heterocycles. The third-order valence-corrected chi connectivity index (χ3v) is 2.65. The number of hydrogen-bond donors (Lipinski definition) is 1. The third-order valence-electron chi connectivity index (χ3n) is 2.65. The highest BCUT2D eigenvalue weighted by molar-refractivity contribution is 5.79. The van der Waals surface area contributed by atoms with Crippen LogP contribution < -0.4 is 5.73 Å². The average Bonchev–Trinajstić information content (AvgIpc) is 2.29. The zero-order valence-electron chi connectivity index (χ0n) is 8.98. The second-order valence-corrected chi connectivity index (χ2v) is 3.85. The average molecular weight is 200 g/mol. The molecule has 2 aromatic rings. The second-order valence-electron chi connectivity index (χ2n) is 3.85. The molecule has 0 aliphatic rings. The van der Waals surface area contributed by atoms with Crippen molar-refractivity contribution < 1.29 is 0 Å². The van der Waals surface area contributed by atoms with E-state index in [1.807, 2.05) is 18.3 Å². The molecule has 1 aromatic carbocycles. The first kappa shape index (κ1) is 10.1. The van der Waals surface area contributed by atoms with Gasteiger partial charge in [-0.2, -0.15) is 0 Å². The van der Waals surface area contributed by atoms with E-state index in [1.165, 1.54) is 10.9 Å². The summed E-state index contributed by atoms with van der Waals surface area (Å²) in [6.45, 7) is 2.16. The smallest absolute Gasteiger partial charge is 0.0702 e. The maximum Gasteiger partial charge on any atom is 0.0702 e. The van der Waals surface area contributed by atoms with Crippen LogP contribution in [-0.4, -0.2) is 4.98 Å². The maximum absolute atomic E-state index is 6.08. The number of pyridine rings is 1. The fourth-order valence-electron chi connectivity index (χ4n) is 1.80. The van der Waals surface area contributed by atoms with E-state index in [-0.39, 0.29) is 6.04 Å². The molecule has 0 aliphatic carbocycles. The van der Waals surface area contributed by atoms with E-state index in [9.17, 15) is 0 Å². The van der Waals surface area contributed by atoms with E-state index in [1.54, 1.807) is 0 Å². The van der Waals surface area contributed by atoms with Gasteiger partial charge < -0.3 is 5.73 Å². The molecule has 1 heterocycles. The summed E-state index contributed by atoms with van der Waals surface area (Å²) in [7, 11) is 0. The first-order valence-corrected chi connectivity index (χ1v) is 5.41. The van der Waals surface area contributed by atoms with Gasteiger partial charge >= 0.3 is 0 Å². The van der Waals surface area contributed by atoms with Crippen molar-refractivity contribution in [2.75, 3.05) is 0 Å². The van der Waals surface area contributed by atoms with E-state index in [2.05, 4.69) is 30.1 Å². The van der Waals surface area contributed by atoms with E-state index in [0.717, 1.165) is 18.4 Å². The van der Waals surface area contributed by atoms with Crippen molar-refractivity contribution in [3.05, 3.63) is 42.1 Å². The molecule has 0 unspecified atom stereocenters. The molecule has 15 heavy (non-hydrogen) atoms. The zero-order chi connectivity index (χ0) is 10.7. The van der Waals surface area contributed by atoms with Crippen molar-refractivity contribution >= 4 is 10.9 Å². The number of rotatable bonds is 3. The van der Waals surface area contributed by atoms with Gasteiger partial charge in [0.2, 0.25) is 0 Å². The number of nitrogens with zero attached hydrogens (tertiary/aromatic N) is 1. The third kappa shape index (κ3) is 2.16. The quantitative estimate of drug-likeness (QED) is 0.827. The lowest BCUT2D eigenvalue weighted by Crippen LogP contribution is -2.09. The van der Waals surface area contributed by atoms with Gasteiger partial charge in [0, 0.05) is 17.6 Å². The zero-order valence-corrected chi connectivity index (χ0v) is 8.98. The van der Waals surface area contributed by atoms with E-state index in [0.29, 0.717) is 0 Å². The Morgan fingerprint density at radius 2 is 2.20 bits per heavy atom. The number of benzene rings is 1. The first-order chi connectivity index (χ1) is 7.31. The van der Waals surface area contributed by atoms with Crippen molar-refractivity contribution in [3.8, 4) is 0 Å². The van der Waals surface area contributed by atoms with Crippen molar-refractivity contribution in [1.29, 1.82) is 0 Å². The molecule has 1 atom stereocenters. The molecule has 0 amide bonds.